The molecule has 0 N–H and O–H groups in total. The molecule has 0 aliphatic carbocycles. The Morgan fingerprint density at radius 1 is 0.345 bits per heavy atom. The third-order valence-electron chi connectivity index (χ3n) is 12.2. The highest BCUT2D eigenvalue weighted by molar-refractivity contribution is 5.71. The Hall–Kier alpha value is -1.59. The van der Waals surface area contributed by atoms with Crippen LogP contribution in [0, 0.1) is 5.92 Å². The smallest absolute Gasteiger partial charge is 0.306 e. The first-order valence-electron chi connectivity index (χ1n) is 25.9. The number of rotatable bonds is 47. The molecule has 58 heavy (non-hydrogen) atoms. The van der Waals surface area contributed by atoms with Crippen LogP contribution in [-0.2, 0) is 28.6 Å². The van der Waals surface area contributed by atoms with E-state index in [9.17, 15) is 14.4 Å². The van der Waals surface area contributed by atoms with Gasteiger partial charge in [-0.3, -0.25) is 14.4 Å². The lowest BCUT2D eigenvalue weighted by molar-refractivity contribution is -0.167. The second-order valence-electron chi connectivity index (χ2n) is 18.1. The predicted molar refractivity (Wildman–Crippen MR) is 247 cm³/mol. The molecule has 2 atom stereocenters. The predicted octanol–water partition coefficient (Wildman–Crippen LogP) is 16.7. The van der Waals surface area contributed by atoms with Crippen LogP contribution in [0.25, 0.3) is 0 Å². The molecule has 0 spiro atoms. The first kappa shape index (κ1) is 56.4. The van der Waals surface area contributed by atoms with Crippen molar-refractivity contribution in [1.82, 2.24) is 0 Å². The quantitative estimate of drug-likeness (QED) is 0.0346. The summed E-state index contributed by atoms with van der Waals surface area (Å²) in [4.78, 5) is 37.9. The van der Waals surface area contributed by atoms with Crippen molar-refractivity contribution < 1.29 is 28.6 Å². The fourth-order valence-corrected chi connectivity index (χ4v) is 7.83. The Morgan fingerprint density at radius 3 is 0.897 bits per heavy atom. The van der Waals surface area contributed by atoms with Crippen molar-refractivity contribution in [3.05, 3.63) is 0 Å². The number of hydrogen-bond acceptors (Lipinski definition) is 6. The van der Waals surface area contributed by atoms with Crippen LogP contribution in [0.2, 0.25) is 0 Å². The Balaban J connectivity index is 4.29. The van der Waals surface area contributed by atoms with Crippen molar-refractivity contribution in [2.75, 3.05) is 13.2 Å². The van der Waals surface area contributed by atoms with E-state index < -0.39 is 6.10 Å². The molecule has 0 fully saturated rings. The summed E-state index contributed by atoms with van der Waals surface area (Å²) in [5, 5.41) is 0. The van der Waals surface area contributed by atoms with Crippen molar-refractivity contribution in [2.24, 2.45) is 5.92 Å². The summed E-state index contributed by atoms with van der Waals surface area (Å²) in [6.45, 7) is 9.00. The van der Waals surface area contributed by atoms with E-state index in [4.69, 9.17) is 14.2 Å². The maximum atomic E-state index is 12.8. The summed E-state index contributed by atoms with van der Waals surface area (Å²) in [6.07, 6.45) is 48.0. The van der Waals surface area contributed by atoms with Gasteiger partial charge in [0.2, 0.25) is 0 Å². The maximum absolute atomic E-state index is 12.8. The molecule has 0 bridgehead atoms. The van der Waals surface area contributed by atoms with Gasteiger partial charge in [-0.2, -0.15) is 0 Å². The molecule has 0 saturated carbocycles. The van der Waals surface area contributed by atoms with Crippen LogP contribution in [0.3, 0.4) is 0 Å². The average molecular weight is 821 g/mol. The molecule has 6 heteroatoms. The normalized spacial score (nSPS) is 12.4. The first-order chi connectivity index (χ1) is 28.4. The first-order valence-corrected chi connectivity index (χ1v) is 25.9. The summed E-state index contributed by atoms with van der Waals surface area (Å²) in [7, 11) is 0. The number of carbonyl (C=O) groups excluding carboxylic acids is 3. The maximum Gasteiger partial charge on any atom is 0.306 e. The SMILES string of the molecule is CCCCCCCCCCCCCCCCCCCC(=O)O[C@@H](COC(=O)CCCCCCCCCCCCCCC)COC(=O)CCCCCCCCC(C)CC. The molecule has 344 valence electrons. The van der Waals surface area contributed by atoms with Crippen molar-refractivity contribution in [2.45, 2.75) is 297 Å². The van der Waals surface area contributed by atoms with E-state index in [1.54, 1.807) is 0 Å². The molecule has 0 saturated heterocycles. The fraction of sp³-hybridized carbons (Fsp3) is 0.942. The highest BCUT2D eigenvalue weighted by Crippen LogP contribution is 2.17. The van der Waals surface area contributed by atoms with Gasteiger partial charge in [-0.25, -0.2) is 0 Å². The van der Waals surface area contributed by atoms with Gasteiger partial charge < -0.3 is 14.2 Å². The zero-order chi connectivity index (χ0) is 42.4. The fourth-order valence-electron chi connectivity index (χ4n) is 7.83. The van der Waals surface area contributed by atoms with E-state index in [2.05, 4.69) is 27.7 Å². The highest BCUT2D eigenvalue weighted by Gasteiger charge is 2.19. The van der Waals surface area contributed by atoms with Crippen molar-refractivity contribution in [1.29, 1.82) is 0 Å². The molecule has 0 rings (SSSR count). The average Bonchev–Trinajstić information content (AvgIpc) is 3.22. The van der Waals surface area contributed by atoms with Crippen LogP contribution in [0.1, 0.15) is 291 Å². The van der Waals surface area contributed by atoms with Gasteiger partial charge in [0.15, 0.2) is 6.10 Å². The standard InChI is InChI=1S/C52H100O6/c1-5-8-10-12-14-16-18-20-21-22-23-25-27-29-31-37-41-45-52(55)58-49(47-57-51(54)44-40-36-33-32-34-38-42-48(4)7-3)46-56-50(53)43-39-35-30-28-26-24-19-17-15-13-11-9-6-2/h48-49H,5-47H2,1-4H3/t48?,49-/m0/s1. The third-order valence-corrected chi connectivity index (χ3v) is 12.2. The molecule has 0 aromatic rings. The number of unbranched alkanes of at least 4 members (excludes halogenated alkanes) is 33. The minimum Gasteiger partial charge on any atom is -0.462 e. The molecule has 0 aliphatic rings. The number of carbonyl (C=O) groups is 3. The molecule has 0 aromatic heterocycles. The lowest BCUT2D eigenvalue weighted by atomic mass is 10.00. The van der Waals surface area contributed by atoms with Crippen molar-refractivity contribution in [3.63, 3.8) is 0 Å². The molecule has 0 heterocycles. The third kappa shape index (κ3) is 44.0. The monoisotopic (exact) mass is 821 g/mol. The zero-order valence-corrected chi connectivity index (χ0v) is 39.5. The van der Waals surface area contributed by atoms with Gasteiger partial charge in [-0.1, -0.05) is 252 Å². The Kier molecular flexibility index (Phi) is 45.2. The molecule has 1 unspecified atom stereocenters. The lowest BCUT2D eigenvalue weighted by Crippen LogP contribution is -2.30. The Labute approximate surface area is 361 Å². The summed E-state index contributed by atoms with van der Waals surface area (Å²) in [6, 6.07) is 0. The minimum atomic E-state index is -0.761. The molecule has 0 aliphatic heterocycles. The lowest BCUT2D eigenvalue weighted by Gasteiger charge is -2.18. The van der Waals surface area contributed by atoms with Gasteiger partial charge in [0.1, 0.15) is 13.2 Å². The van der Waals surface area contributed by atoms with Crippen LogP contribution in [-0.4, -0.2) is 37.2 Å². The van der Waals surface area contributed by atoms with Crippen LogP contribution in [0.5, 0.6) is 0 Å². The van der Waals surface area contributed by atoms with E-state index in [1.807, 2.05) is 0 Å². The topological polar surface area (TPSA) is 78.9 Å². The summed E-state index contributed by atoms with van der Waals surface area (Å²) in [5.41, 5.74) is 0. The second kappa shape index (κ2) is 46.5. The van der Waals surface area contributed by atoms with Gasteiger partial charge in [0.25, 0.3) is 0 Å². The van der Waals surface area contributed by atoms with Crippen molar-refractivity contribution in [3.8, 4) is 0 Å². The van der Waals surface area contributed by atoms with Gasteiger partial charge in [-0.15, -0.1) is 0 Å². The van der Waals surface area contributed by atoms with E-state index in [-0.39, 0.29) is 31.1 Å². The van der Waals surface area contributed by atoms with Crippen LogP contribution in [0.15, 0.2) is 0 Å². The largest absolute Gasteiger partial charge is 0.462 e. The van der Waals surface area contributed by atoms with E-state index >= 15 is 0 Å². The Bertz CT molecular complexity index is 874. The van der Waals surface area contributed by atoms with E-state index in [0.717, 1.165) is 63.7 Å². The molecule has 0 aromatic carbocycles. The summed E-state index contributed by atoms with van der Waals surface area (Å²) < 4.78 is 16.8. The number of ether oxygens (including phenoxy) is 3. The molecular weight excluding hydrogens is 721 g/mol. The number of hydrogen-bond donors (Lipinski definition) is 0. The van der Waals surface area contributed by atoms with Gasteiger partial charge in [-0.05, 0) is 25.2 Å². The number of esters is 3. The Morgan fingerprint density at radius 2 is 0.603 bits per heavy atom. The van der Waals surface area contributed by atoms with E-state index in [0.29, 0.717) is 19.3 Å². The van der Waals surface area contributed by atoms with Gasteiger partial charge >= 0.3 is 17.9 Å². The highest BCUT2D eigenvalue weighted by atomic mass is 16.6. The second-order valence-corrected chi connectivity index (χ2v) is 18.1. The van der Waals surface area contributed by atoms with Crippen molar-refractivity contribution >= 4 is 17.9 Å². The molecule has 0 radical (unpaired) electrons. The van der Waals surface area contributed by atoms with Crippen LogP contribution >= 0.6 is 0 Å². The molecular formula is C52H100O6. The van der Waals surface area contributed by atoms with Crippen LogP contribution in [0.4, 0.5) is 0 Å². The van der Waals surface area contributed by atoms with Gasteiger partial charge in [0, 0.05) is 19.3 Å². The van der Waals surface area contributed by atoms with Crippen LogP contribution < -0.4 is 0 Å². The summed E-state index contributed by atoms with van der Waals surface area (Å²) >= 11 is 0. The van der Waals surface area contributed by atoms with E-state index in [1.165, 1.54) is 186 Å². The minimum absolute atomic E-state index is 0.0635. The molecule has 0 amide bonds. The molecule has 6 nitrogen and oxygen atoms in total. The van der Waals surface area contributed by atoms with Gasteiger partial charge in [0.05, 0.1) is 0 Å². The summed E-state index contributed by atoms with van der Waals surface area (Å²) in [5.74, 6) is -0.0333. The zero-order valence-electron chi connectivity index (χ0n) is 39.5.